The first kappa shape index (κ1) is 16.6. The van der Waals surface area contributed by atoms with Crippen molar-refractivity contribution in [3.05, 3.63) is 0 Å². The molecule has 0 rings (SSSR count). The molecule has 41 valence electrons. The van der Waals surface area contributed by atoms with Gasteiger partial charge in [-0.2, -0.15) is 0 Å². The second kappa shape index (κ2) is 19.9. The van der Waals surface area contributed by atoms with Gasteiger partial charge in [0.05, 0.1) is 0 Å². The fourth-order valence-corrected chi connectivity index (χ4v) is 0. The molecule has 0 spiro atoms. The van der Waals surface area contributed by atoms with Crippen molar-refractivity contribution in [2.24, 2.45) is 0 Å². The van der Waals surface area contributed by atoms with E-state index in [2.05, 4.69) is 20.2 Å². The van der Waals surface area contributed by atoms with Crippen molar-refractivity contribution >= 4 is 20.2 Å². The smallest absolute Gasteiger partial charge is 0.369 e. The van der Waals surface area contributed by atoms with Gasteiger partial charge in [0, 0.05) is 0 Å². The van der Waals surface area contributed by atoms with E-state index in [4.69, 9.17) is 0 Å². The molecule has 0 aromatic rings. The zero-order chi connectivity index (χ0) is 2.71. The molecule has 2 nitrogen and oxygen atoms in total. The Hall–Kier alpha value is 1.02. The molecule has 0 fully saturated rings. The van der Waals surface area contributed by atoms with Gasteiger partial charge in [0.2, 0.25) is 0 Å². The minimum absolute atomic E-state index is 0. The van der Waals surface area contributed by atoms with Crippen LogP contribution in [0.1, 0.15) is 0 Å². The summed E-state index contributed by atoms with van der Waals surface area (Å²) in [6.45, 7) is 0. The molecule has 0 aliphatic heterocycles. The third-order valence-electron chi connectivity index (χ3n) is 0. The summed E-state index contributed by atoms with van der Waals surface area (Å²) < 4.78 is 0. The van der Waals surface area contributed by atoms with Gasteiger partial charge in [-0.3, -0.25) is 0 Å². The molecular formula is H5Cl2CuNO. The molecule has 0 aromatic heterocycles. The second-order valence-corrected chi connectivity index (χ2v) is 1.60. The SMILES string of the molecule is [Cl][Cu][Cl].[NH4+].[OH-]. The van der Waals surface area contributed by atoms with Crippen molar-refractivity contribution in [1.82, 2.24) is 6.15 Å². The molecule has 0 atom stereocenters. The van der Waals surface area contributed by atoms with Crippen molar-refractivity contribution in [3.8, 4) is 0 Å². The van der Waals surface area contributed by atoms with Crippen molar-refractivity contribution < 1.29 is 18.6 Å². The fraction of sp³-hybridized carbons (Fsp3) is 0. The first-order valence-electron chi connectivity index (χ1n) is 0.228. The average Bonchev–Trinajstić information content (AvgIpc) is 0.918. The van der Waals surface area contributed by atoms with Gasteiger partial charge in [0.15, 0.2) is 0 Å². The van der Waals surface area contributed by atoms with Crippen LogP contribution in [-0.2, 0) is 13.1 Å². The maximum atomic E-state index is 4.67. The Bertz CT molecular complexity index is 9.61. The molecule has 0 saturated heterocycles. The molecule has 0 heterocycles. The van der Waals surface area contributed by atoms with Crippen molar-refractivity contribution in [1.29, 1.82) is 0 Å². The molecule has 0 saturated carbocycles. The summed E-state index contributed by atoms with van der Waals surface area (Å²) in [7, 11) is 9.34. The van der Waals surface area contributed by atoms with E-state index in [0.29, 0.717) is 0 Å². The monoisotopic (exact) mass is 168 g/mol. The molecule has 0 unspecified atom stereocenters. The van der Waals surface area contributed by atoms with Crippen molar-refractivity contribution in [3.63, 3.8) is 0 Å². The third-order valence-corrected chi connectivity index (χ3v) is 0. The molecule has 5 heteroatoms. The van der Waals surface area contributed by atoms with E-state index >= 15 is 0 Å². The minimum atomic E-state index is 0. The summed E-state index contributed by atoms with van der Waals surface area (Å²) in [5.74, 6) is 0. The summed E-state index contributed by atoms with van der Waals surface area (Å²) in [4.78, 5) is 0. The minimum Gasteiger partial charge on any atom is -0.870 e. The Labute approximate surface area is 45.3 Å². The number of quaternary nitrogens is 1. The third kappa shape index (κ3) is 44.0. The zero-order valence-corrected chi connectivity index (χ0v) is 4.96. The van der Waals surface area contributed by atoms with Crippen LogP contribution in [0.3, 0.4) is 0 Å². The molecule has 0 bridgehead atoms. The van der Waals surface area contributed by atoms with Crippen LogP contribution in [-0.4, -0.2) is 5.48 Å². The van der Waals surface area contributed by atoms with Gasteiger partial charge in [0.25, 0.3) is 0 Å². The van der Waals surface area contributed by atoms with Gasteiger partial charge >= 0.3 is 33.3 Å². The summed E-state index contributed by atoms with van der Waals surface area (Å²) in [5.41, 5.74) is 0. The Morgan fingerprint density at radius 3 is 1.20 bits per heavy atom. The topological polar surface area (TPSA) is 66.5 Å². The van der Waals surface area contributed by atoms with E-state index in [1.165, 1.54) is 0 Å². The molecule has 5 heavy (non-hydrogen) atoms. The van der Waals surface area contributed by atoms with Crippen LogP contribution >= 0.6 is 20.2 Å². The number of hydrogen-bond acceptors (Lipinski definition) is 1. The first-order valence-corrected chi connectivity index (χ1v) is 2.82. The van der Waals surface area contributed by atoms with E-state index < -0.39 is 0 Å². The van der Waals surface area contributed by atoms with Gasteiger partial charge in [-0.1, -0.05) is 0 Å². The van der Waals surface area contributed by atoms with Crippen LogP contribution in [0.5, 0.6) is 0 Å². The average molecular weight is 169 g/mol. The Morgan fingerprint density at radius 1 is 1.20 bits per heavy atom. The van der Waals surface area contributed by atoms with Gasteiger partial charge in [-0.05, 0) is 0 Å². The fourth-order valence-electron chi connectivity index (χ4n) is 0. The van der Waals surface area contributed by atoms with Gasteiger partial charge in [-0.25, -0.2) is 0 Å². The number of halogens is 2. The molecule has 0 aliphatic carbocycles. The van der Waals surface area contributed by atoms with E-state index in [0.717, 1.165) is 13.1 Å². The quantitative estimate of drug-likeness (QED) is 0.550. The predicted octanol–water partition coefficient (Wildman–Crippen LogP) is 1.58. The molecule has 0 radical (unpaired) electrons. The van der Waals surface area contributed by atoms with Crippen molar-refractivity contribution in [2.45, 2.75) is 0 Å². The Balaban J connectivity index is -0.0000000200. The van der Waals surface area contributed by atoms with Crippen LogP contribution in [0.25, 0.3) is 0 Å². The molecule has 0 amide bonds. The number of hydrogen-bond donors (Lipinski definition) is 1. The predicted molar refractivity (Wildman–Crippen MR) is 19.6 cm³/mol. The van der Waals surface area contributed by atoms with E-state index in [9.17, 15) is 0 Å². The Morgan fingerprint density at radius 2 is 1.20 bits per heavy atom. The van der Waals surface area contributed by atoms with E-state index in [1.807, 2.05) is 0 Å². The van der Waals surface area contributed by atoms with Crippen LogP contribution < -0.4 is 6.15 Å². The van der Waals surface area contributed by atoms with Crippen LogP contribution in [0.4, 0.5) is 0 Å². The maximum Gasteiger partial charge on any atom is -0.369 e. The van der Waals surface area contributed by atoms with Crippen LogP contribution in [0, 0.1) is 0 Å². The maximum absolute atomic E-state index is 4.67. The summed E-state index contributed by atoms with van der Waals surface area (Å²) >= 11 is 0.757. The van der Waals surface area contributed by atoms with E-state index in [1.54, 1.807) is 0 Å². The van der Waals surface area contributed by atoms with Crippen molar-refractivity contribution in [2.75, 3.05) is 0 Å². The van der Waals surface area contributed by atoms with Crippen LogP contribution in [0.15, 0.2) is 0 Å². The molecule has 0 aliphatic rings. The zero-order valence-electron chi connectivity index (χ0n) is 2.50. The Kier molecular flexibility index (Phi) is 66.2. The molecular weight excluding hydrogens is 164 g/mol. The van der Waals surface area contributed by atoms with Gasteiger partial charge in [0.1, 0.15) is 0 Å². The standard InChI is InChI=1S/2ClH.Cu.H3N.H2O/h2*1H;;1H3;1H2/q;;+2;;/p-2. The normalized spacial score (nSPS) is 4.40. The second-order valence-electron chi connectivity index (χ2n) is 0.0431. The molecule has 5 N–H and O–H groups in total. The summed E-state index contributed by atoms with van der Waals surface area (Å²) in [6.07, 6.45) is 0. The first-order chi connectivity index (χ1) is 1.41. The number of rotatable bonds is 0. The largest absolute Gasteiger partial charge is 0.870 e. The summed E-state index contributed by atoms with van der Waals surface area (Å²) in [5, 5.41) is 0. The van der Waals surface area contributed by atoms with E-state index in [-0.39, 0.29) is 11.6 Å². The van der Waals surface area contributed by atoms with Gasteiger partial charge in [-0.15, -0.1) is 0 Å². The van der Waals surface area contributed by atoms with Gasteiger partial charge < -0.3 is 11.6 Å². The molecule has 0 aromatic carbocycles. The summed E-state index contributed by atoms with van der Waals surface area (Å²) in [6, 6.07) is 0. The van der Waals surface area contributed by atoms with Crippen LogP contribution in [0.2, 0.25) is 0 Å².